The van der Waals surface area contributed by atoms with Crippen molar-refractivity contribution in [2.24, 2.45) is 34.0 Å². The number of carbonyl (C=O) groups excluding carboxylic acids is 10. The number of rotatable bonds is 31. The molecule has 2 fully saturated rings. The van der Waals surface area contributed by atoms with Crippen LogP contribution < -0.4 is 59.7 Å². The number of fused-ring (bicyclic) bond motifs is 1. The highest BCUT2D eigenvalue weighted by atomic mass is 16.3. The minimum atomic E-state index is -1.75. The van der Waals surface area contributed by atoms with Gasteiger partial charge in [0.1, 0.15) is 60.1 Å². The van der Waals surface area contributed by atoms with Crippen molar-refractivity contribution in [1.29, 1.82) is 0 Å². The number of imidazole rings is 1. The van der Waals surface area contributed by atoms with E-state index in [4.69, 9.17) is 17.2 Å². The number of nitrogens with one attached hydrogen (secondary N) is 10. The molecule has 2 aliphatic heterocycles. The predicted molar refractivity (Wildman–Crippen MR) is 311 cm³/mol. The molecule has 4 aromatic rings. The number of likely N-dealkylation sites (tertiary alicyclic amines) is 1. The number of aliphatic hydroxyl groups is 1. The number of phenolic OH excluding ortho intramolecular Hbond substituents is 1. The lowest BCUT2D eigenvalue weighted by molar-refractivity contribution is -0.141. The average molecular weight is 1180 g/mol. The van der Waals surface area contributed by atoms with Gasteiger partial charge in [-0.2, -0.15) is 0 Å². The van der Waals surface area contributed by atoms with Crippen LogP contribution in [0.1, 0.15) is 95.9 Å². The Balaban J connectivity index is 1.22. The van der Waals surface area contributed by atoms with Crippen molar-refractivity contribution in [3.8, 4) is 5.75 Å². The summed E-state index contributed by atoms with van der Waals surface area (Å²) in [6.45, 7) is 6.59. The summed E-state index contributed by atoms with van der Waals surface area (Å²) in [5, 5.41) is 42.9. The number of H-pyrrole nitrogens is 2. The van der Waals surface area contributed by atoms with Crippen LogP contribution in [0.3, 0.4) is 0 Å². The number of nitrogens with two attached hydrogens (primary N) is 3. The maximum absolute atomic E-state index is 14.6. The summed E-state index contributed by atoms with van der Waals surface area (Å²) in [6.07, 6.45) is 5.59. The molecule has 4 heterocycles. The van der Waals surface area contributed by atoms with E-state index >= 15 is 0 Å². The Morgan fingerprint density at radius 1 is 0.694 bits per heavy atom. The number of amides is 10. The van der Waals surface area contributed by atoms with Crippen molar-refractivity contribution in [1.82, 2.24) is 62.4 Å². The van der Waals surface area contributed by atoms with Crippen molar-refractivity contribution in [3.63, 3.8) is 0 Å². The predicted octanol–water partition coefficient (Wildman–Crippen LogP) is -2.09. The fraction of sp³-hybridized carbons (Fsp3) is 0.509. The van der Waals surface area contributed by atoms with Gasteiger partial charge < -0.3 is 84.8 Å². The summed E-state index contributed by atoms with van der Waals surface area (Å²) in [6, 6.07) is 1.36. The van der Waals surface area contributed by atoms with E-state index in [1.165, 1.54) is 41.7 Å². The minimum Gasteiger partial charge on any atom is -0.508 e. The van der Waals surface area contributed by atoms with Crippen LogP contribution in [0, 0.1) is 11.8 Å². The van der Waals surface area contributed by atoms with Gasteiger partial charge in [0.05, 0.1) is 12.9 Å². The Hall–Kier alpha value is -9.08. The van der Waals surface area contributed by atoms with Gasteiger partial charge in [-0.25, -0.2) is 4.98 Å². The molecule has 460 valence electrons. The Bertz CT molecular complexity index is 3020. The Kier molecular flexibility index (Phi) is 23.7. The Morgan fingerprint density at radius 2 is 1.26 bits per heavy atom. The van der Waals surface area contributed by atoms with Crippen LogP contribution in [0.25, 0.3) is 10.9 Å². The van der Waals surface area contributed by atoms with Gasteiger partial charge in [-0.3, -0.25) is 52.9 Å². The molecule has 2 aromatic heterocycles. The maximum Gasteiger partial charge on any atom is 0.245 e. The van der Waals surface area contributed by atoms with Crippen molar-refractivity contribution in [2.75, 3.05) is 19.7 Å². The molecular weight excluding hydrogens is 1100 g/mol. The fourth-order valence-electron chi connectivity index (χ4n) is 10.2. The van der Waals surface area contributed by atoms with Gasteiger partial charge in [0.25, 0.3) is 0 Å². The molecule has 28 heteroatoms. The molecule has 28 nitrogen and oxygen atoms in total. The van der Waals surface area contributed by atoms with E-state index in [0.29, 0.717) is 35.0 Å². The molecule has 6 rings (SSSR count). The molecule has 2 aliphatic rings. The number of aliphatic imine (C=N–C) groups is 1. The maximum atomic E-state index is 14.6. The van der Waals surface area contributed by atoms with Gasteiger partial charge in [0.2, 0.25) is 59.1 Å². The first-order valence-electron chi connectivity index (χ1n) is 28.5. The summed E-state index contributed by atoms with van der Waals surface area (Å²) in [4.78, 5) is 154. The molecule has 0 unspecified atom stereocenters. The molecule has 10 amide bonds. The van der Waals surface area contributed by atoms with E-state index in [1.54, 1.807) is 38.2 Å². The lowest BCUT2D eigenvalue weighted by atomic mass is 9.98. The second kappa shape index (κ2) is 31.0. The molecule has 0 bridgehead atoms. The summed E-state index contributed by atoms with van der Waals surface area (Å²) in [7, 11) is 0. The molecule has 85 heavy (non-hydrogen) atoms. The Morgan fingerprint density at radius 3 is 1.82 bits per heavy atom. The second-order valence-corrected chi connectivity index (χ2v) is 22.3. The zero-order valence-electron chi connectivity index (χ0n) is 48.2. The number of benzene rings is 2. The molecule has 2 aromatic carbocycles. The molecule has 2 saturated heterocycles. The van der Waals surface area contributed by atoms with Crippen molar-refractivity contribution < 1.29 is 58.2 Å². The van der Waals surface area contributed by atoms with E-state index in [9.17, 15) is 58.2 Å². The normalized spacial score (nSPS) is 17.3. The molecule has 0 radical (unpaired) electrons. The quantitative estimate of drug-likeness (QED) is 0.0146. The van der Waals surface area contributed by atoms with Gasteiger partial charge >= 0.3 is 0 Å². The van der Waals surface area contributed by atoms with Crippen LogP contribution in [0.2, 0.25) is 0 Å². The van der Waals surface area contributed by atoms with E-state index in [1.807, 2.05) is 19.9 Å². The van der Waals surface area contributed by atoms with Crippen LogP contribution in [0.4, 0.5) is 0 Å². The molecule has 18 N–H and O–H groups in total. The molecule has 0 spiro atoms. The van der Waals surface area contributed by atoms with Gasteiger partial charge in [0.15, 0.2) is 5.96 Å². The number of phenols is 1. The number of hydrogen-bond acceptors (Lipinski definition) is 14. The molecule has 0 saturated carbocycles. The number of aromatic nitrogens is 3. The highest BCUT2D eigenvalue weighted by molar-refractivity contribution is 5.99. The molecule has 9 atom stereocenters. The number of carbonyl (C=O) groups is 10. The smallest absolute Gasteiger partial charge is 0.245 e. The van der Waals surface area contributed by atoms with Crippen molar-refractivity contribution in [3.05, 3.63) is 84.1 Å². The highest BCUT2D eigenvalue weighted by Crippen LogP contribution is 2.22. The van der Waals surface area contributed by atoms with Crippen molar-refractivity contribution >= 4 is 75.9 Å². The van der Waals surface area contributed by atoms with E-state index in [-0.39, 0.29) is 100 Å². The zero-order chi connectivity index (χ0) is 61.9. The SMILES string of the molecule is CC(C)C[C@H](NC(=O)[C@@H](CC(C)C)NC(=O)[C@H](Cc1ccc(O)cc1)NC(=O)[C@H](CO)NC(=O)[C@H](Cc1c[nH]c2ccccc12)NC(=O)[C@H](Cc1cnc[nH]1)NC(=O)[C@@H]1CCC(=O)N1)C(=O)N[C@@H](CCCN=C(N)N)C(=O)N1CCC[C@H]1C(N)=O. The van der Waals surface area contributed by atoms with E-state index in [0.717, 1.165) is 5.52 Å². The lowest BCUT2D eigenvalue weighted by Gasteiger charge is -2.30. The van der Waals surface area contributed by atoms with Crippen molar-refractivity contribution in [2.45, 2.75) is 153 Å². The molecule has 0 aliphatic carbocycles. The summed E-state index contributed by atoms with van der Waals surface area (Å²) >= 11 is 0. The number of primary amides is 1. The minimum absolute atomic E-state index is 0.0330. The third kappa shape index (κ3) is 19.2. The van der Waals surface area contributed by atoms with Crippen LogP contribution >= 0.6 is 0 Å². The summed E-state index contributed by atoms with van der Waals surface area (Å²) in [5.74, 6) is -8.06. The Labute approximate surface area is 491 Å². The first-order chi connectivity index (χ1) is 40.5. The largest absolute Gasteiger partial charge is 0.508 e. The number of aromatic hydroxyl groups is 1. The van der Waals surface area contributed by atoms with Gasteiger partial charge in [-0.1, -0.05) is 58.0 Å². The standard InChI is InChI=1S/C57H80N16O12/c1-30(2)21-40(50(79)66-39(11-7-19-62-57(59)60)56(85)73-20-8-12-46(73)48(58)77)67-51(80)41(22-31(3)4)68-52(81)42(23-32-13-15-35(75)16-14-32)69-55(84)45(28-74)72-53(82)43(24-33-26-63-37-10-6-5-9-36(33)37)70-54(83)44(25-34-27-61-29-64-34)71-49(78)38-17-18-47(76)65-38/h5-6,9-10,13-16,26-27,29-31,38-46,63,74-75H,7-8,11-12,17-25,28H2,1-4H3,(H2,58,77)(H,61,64)(H,65,76)(H,66,79)(H,67,80)(H,68,81)(H,69,84)(H,70,83)(H,71,78)(H,72,82)(H4,59,60,62)/t38-,39-,40-,41+,42-,43-,44-,45-,46-/m0/s1. The van der Waals surface area contributed by atoms with Crippen LogP contribution in [-0.2, 0) is 67.2 Å². The van der Waals surface area contributed by atoms with E-state index in [2.05, 4.69) is 62.5 Å². The van der Waals surface area contributed by atoms with Crippen LogP contribution in [0.15, 0.2) is 72.2 Å². The number of aliphatic hydroxyl groups excluding tert-OH is 1. The number of nitrogens with zero attached hydrogens (tertiary/aromatic N) is 3. The number of hydrogen-bond donors (Lipinski definition) is 15. The highest BCUT2D eigenvalue weighted by Gasteiger charge is 2.39. The topological polar surface area (TPSA) is 446 Å². The third-order valence-electron chi connectivity index (χ3n) is 14.6. The summed E-state index contributed by atoms with van der Waals surface area (Å²) < 4.78 is 0. The first kappa shape index (κ1) is 65.1. The molecular formula is C57H80N16O12. The van der Waals surface area contributed by atoms with E-state index < -0.39 is 114 Å². The van der Waals surface area contributed by atoms with Gasteiger partial charge in [-0.05, 0) is 86.1 Å². The first-order valence-corrected chi connectivity index (χ1v) is 28.5. The second-order valence-electron chi connectivity index (χ2n) is 22.3. The monoisotopic (exact) mass is 1180 g/mol. The fourth-order valence-corrected chi connectivity index (χ4v) is 10.2. The number of para-hydroxylation sites is 1. The summed E-state index contributed by atoms with van der Waals surface area (Å²) in [5.41, 5.74) is 18.9. The lowest BCUT2D eigenvalue weighted by Crippen LogP contribution is -2.61. The third-order valence-corrected chi connectivity index (χ3v) is 14.6. The van der Waals surface area contributed by atoms with Crippen LogP contribution in [-0.4, -0.2) is 169 Å². The number of aromatic amines is 2. The average Bonchev–Trinajstić information content (AvgIpc) is 3.91. The van der Waals surface area contributed by atoms with Crippen LogP contribution in [0.5, 0.6) is 5.75 Å². The van der Waals surface area contributed by atoms with Gasteiger partial charge in [-0.15, -0.1) is 0 Å². The number of guanidine groups is 1. The zero-order valence-corrected chi connectivity index (χ0v) is 48.2. The van der Waals surface area contributed by atoms with Gasteiger partial charge in [0, 0.05) is 67.8 Å².